The molecule has 0 fully saturated rings. The minimum Gasteiger partial charge on any atom is -0.309 e. The van der Waals surface area contributed by atoms with E-state index >= 15 is 0 Å². The van der Waals surface area contributed by atoms with Crippen LogP contribution in [0.4, 0.5) is 0 Å². The topological polar surface area (TPSA) is 35.6 Å². The van der Waals surface area contributed by atoms with Gasteiger partial charge >= 0.3 is 0 Å². The minimum atomic E-state index is 0.670. The second kappa shape index (κ2) is 11.6. The monoisotopic (exact) mass is 742 g/mol. The predicted molar refractivity (Wildman–Crippen MR) is 242 cm³/mol. The molecule has 13 rings (SSSR count). The van der Waals surface area contributed by atoms with Crippen LogP contribution in [0.1, 0.15) is 0 Å². The van der Waals surface area contributed by atoms with Crippen molar-refractivity contribution in [1.82, 2.24) is 19.1 Å². The van der Waals surface area contributed by atoms with E-state index in [9.17, 15) is 0 Å². The van der Waals surface area contributed by atoms with Crippen LogP contribution in [0.25, 0.3) is 119 Å². The maximum Gasteiger partial charge on any atom is 0.235 e. The van der Waals surface area contributed by atoms with Gasteiger partial charge in [0, 0.05) is 58.4 Å². The summed E-state index contributed by atoms with van der Waals surface area (Å²) in [5.74, 6) is 0.670. The van der Waals surface area contributed by atoms with Gasteiger partial charge in [-0.25, -0.2) is 9.97 Å². The fraction of sp³-hybridized carbons (Fsp3) is 0. The van der Waals surface area contributed by atoms with E-state index in [4.69, 9.17) is 9.97 Å². The zero-order valence-electron chi connectivity index (χ0n) is 30.5. The van der Waals surface area contributed by atoms with Crippen LogP contribution >= 0.6 is 11.3 Å². The summed E-state index contributed by atoms with van der Waals surface area (Å²) >= 11 is 1.86. The second-order valence-electron chi connectivity index (χ2n) is 15.0. The molecule has 4 heterocycles. The fourth-order valence-corrected chi connectivity index (χ4v) is 10.5. The number of thiophene rings is 1. The molecule has 0 bridgehead atoms. The molecule has 0 amide bonds. The molecule has 4 aromatic heterocycles. The number of aromatic nitrogens is 4. The van der Waals surface area contributed by atoms with Crippen LogP contribution < -0.4 is 0 Å². The summed E-state index contributed by atoms with van der Waals surface area (Å²) < 4.78 is 7.25. The van der Waals surface area contributed by atoms with Crippen molar-refractivity contribution in [2.45, 2.75) is 0 Å². The molecule has 0 unspecified atom stereocenters. The highest BCUT2D eigenvalue weighted by molar-refractivity contribution is 7.26. The minimum absolute atomic E-state index is 0.670. The maximum absolute atomic E-state index is 5.54. The van der Waals surface area contributed by atoms with Gasteiger partial charge in [-0.3, -0.25) is 4.57 Å². The van der Waals surface area contributed by atoms with Gasteiger partial charge in [-0.15, -0.1) is 11.3 Å². The second-order valence-corrected chi connectivity index (χ2v) is 16.0. The van der Waals surface area contributed by atoms with Crippen molar-refractivity contribution in [1.29, 1.82) is 0 Å². The van der Waals surface area contributed by atoms with E-state index in [0.29, 0.717) is 5.95 Å². The highest BCUT2D eigenvalue weighted by Crippen LogP contribution is 2.46. The molecule has 0 saturated heterocycles. The zero-order valence-corrected chi connectivity index (χ0v) is 31.3. The van der Waals surface area contributed by atoms with E-state index in [1.807, 2.05) is 11.3 Å². The molecule has 264 valence electrons. The molecule has 0 aliphatic carbocycles. The fourth-order valence-electron chi connectivity index (χ4n) is 9.38. The highest BCUT2D eigenvalue weighted by atomic mass is 32.1. The molecule has 0 aliphatic rings. The molecule has 0 aliphatic heterocycles. The molecule has 0 saturated carbocycles. The quantitative estimate of drug-likeness (QED) is 0.181. The molecule has 9 aromatic carbocycles. The van der Waals surface area contributed by atoms with Gasteiger partial charge in [-0.05, 0) is 70.1 Å². The first kappa shape index (κ1) is 30.9. The third-order valence-corrected chi connectivity index (χ3v) is 13.0. The van der Waals surface area contributed by atoms with Crippen LogP contribution in [0.5, 0.6) is 0 Å². The first-order valence-corrected chi connectivity index (χ1v) is 20.1. The van der Waals surface area contributed by atoms with Crippen LogP contribution in [-0.4, -0.2) is 19.1 Å². The van der Waals surface area contributed by atoms with Gasteiger partial charge < -0.3 is 4.57 Å². The SMILES string of the molecule is c1ccc2cc(-n3c4ccccc4c4cc5c(cc43)sc3ccc4c6ccccc6n(-c6nc(-c7cccc8ccccc78)c7ccccc7n6)c4c35)ccc2c1. The largest absolute Gasteiger partial charge is 0.309 e. The third-order valence-electron chi connectivity index (χ3n) is 11.9. The molecule has 0 spiro atoms. The third kappa shape index (κ3) is 4.37. The Morgan fingerprint density at radius 1 is 0.386 bits per heavy atom. The smallest absolute Gasteiger partial charge is 0.235 e. The molecule has 57 heavy (non-hydrogen) atoms. The van der Waals surface area contributed by atoms with Crippen molar-refractivity contribution in [3.05, 3.63) is 182 Å². The highest BCUT2D eigenvalue weighted by Gasteiger charge is 2.23. The first-order chi connectivity index (χ1) is 28.3. The predicted octanol–water partition coefficient (Wildman–Crippen LogP) is 14.2. The summed E-state index contributed by atoms with van der Waals surface area (Å²) in [4.78, 5) is 10.9. The van der Waals surface area contributed by atoms with E-state index < -0.39 is 0 Å². The summed E-state index contributed by atoms with van der Waals surface area (Å²) in [5, 5.41) is 13.2. The maximum atomic E-state index is 5.54. The standard InChI is InChI=1S/C52H30N4S/c1-2-14-33-28-34(25-24-31(33)12-1)55-44-22-9-7-18-37(44)41-29-42-48(30-46(41)55)57-47-27-26-39-36-17-6-10-23-45(36)56(51(39)49(42)47)52-53-43-21-8-5-19-40(43)50(54-52)38-20-11-15-32-13-3-4-16-35(32)38/h1-30H. The van der Waals surface area contributed by atoms with Gasteiger partial charge in [-0.1, -0.05) is 133 Å². The van der Waals surface area contributed by atoms with Crippen LogP contribution in [-0.2, 0) is 0 Å². The van der Waals surface area contributed by atoms with Gasteiger partial charge in [0.1, 0.15) is 0 Å². The molecule has 0 atom stereocenters. The lowest BCUT2D eigenvalue weighted by Gasteiger charge is -2.13. The van der Waals surface area contributed by atoms with Crippen LogP contribution in [0, 0.1) is 0 Å². The molecule has 5 heteroatoms. The average Bonchev–Trinajstić information content (AvgIpc) is 3.92. The number of rotatable bonds is 3. The number of fused-ring (bicyclic) bond motifs is 13. The van der Waals surface area contributed by atoms with Crippen molar-refractivity contribution in [2.24, 2.45) is 0 Å². The summed E-state index contributed by atoms with van der Waals surface area (Å²) in [6, 6.07) is 65.8. The first-order valence-electron chi connectivity index (χ1n) is 19.3. The van der Waals surface area contributed by atoms with Crippen LogP contribution in [0.15, 0.2) is 182 Å². The summed E-state index contributed by atoms with van der Waals surface area (Å²) in [6.45, 7) is 0. The summed E-state index contributed by atoms with van der Waals surface area (Å²) in [5.41, 5.74) is 8.76. The lowest BCUT2D eigenvalue weighted by molar-refractivity contribution is 1.02. The number of para-hydroxylation sites is 3. The Morgan fingerprint density at radius 2 is 1.07 bits per heavy atom. The van der Waals surface area contributed by atoms with E-state index in [1.54, 1.807) is 0 Å². The Hall–Kier alpha value is -7.34. The molecule has 0 radical (unpaired) electrons. The Balaban J connectivity index is 1.14. The number of hydrogen-bond donors (Lipinski definition) is 0. The molecule has 0 N–H and O–H groups in total. The van der Waals surface area contributed by atoms with Crippen molar-refractivity contribution < 1.29 is 0 Å². The Kier molecular flexibility index (Phi) is 6.29. The van der Waals surface area contributed by atoms with Crippen LogP contribution in [0.2, 0.25) is 0 Å². The van der Waals surface area contributed by atoms with Crippen LogP contribution in [0.3, 0.4) is 0 Å². The summed E-state index contributed by atoms with van der Waals surface area (Å²) in [6.07, 6.45) is 0. The lowest BCUT2D eigenvalue weighted by Crippen LogP contribution is -2.03. The van der Waals surface area contributed by atoms with Gasteiger partial charge in [0.15, 0.2) is 0 Å². The normalized spacial score (nSPS) is 12.2. The van der Waals surface area contributed by atoms with Gasteiger partial charge in [0.05, 0.1) is 33.3 Å². The van der Waals surface area contributed by atoms with Crippen molar-refractivity contribution in [3.63, 3.8) is 0 Å². The number of nitrogens with zero attached hydrogens (tertiary/aromatic N) is 4. The van der Waals surface area contributed by atoms with Gasteiger partial charge in [0.2, 0.25) is 5.95 Å². The Labute approximate surface area is 330 Å². The van der Waals surface area contributed by atoms with Gasteiger partial charge in [0.25, 0.3) is 0 Å². The van der Waals surface area contributed by atoms with Gasteiger partial charge in [-0.2, -0.15) is 0 Å². The Morgan fingerprint density at radius 3 is 1.93 bits per heavy atom. The van der Waals surface area contributed by atoms with Crippen molar-refractivity contribution >= 4 is 108 Å². The Bertz CT molecular complexity index is 3820. The van der Waals surface area contributed by atoms with E-state index in [2.05, 4.69) is 191 Å². The van der Waals surface area contributed by atoms with Crippen molar-refractivity contribution in [2.75, 3.05) is 0 Å². The molecular weight excluding hydrogens is 713 g/mol. The number of hydrogen-bond acceptors (Lipinski definition) is 3. The zero-order chi connectivity index (χ0) is 37.2. The summed E-state index contributed by atoms with van der Waals surface area (Å²) in [7, 11) is 0. The molecular formula is C52H30N4S. The average molecular weight is 743 g/mol. The van der Waals surface area contributed by atoms with E-state index in [1.165, 1.54) is 80.0 Å². The van der Waals surface area contributed by atoms with Crippen molar-refractivity contribution in [3.8, 4) is 22.9 Å². The van der Waals surface area contributed by atoms with E-state index in [-0.39, 0.29) is 0 Å². The number of benzene rings is 9. The molecule has 4 nitrogen and oxygen atoms in total. The molecule has 13 aromatic rings. The van der Waals surface area contributed by atoms with E-state index in [0.717, 1.165) is 33.2 Å². The lowest BCUT2D eigenvalue weighted by atomic mass is 9.99.